The van der Waals surface area contributed by atoms with Gasteiger partial charge in [0.2, 0.25) is 0 Å². The van der Waals surface area contributed by atoms with Gasteiger partial charge in [0, 0.05) is 5.56 Å². The van der Waals surface area contributed by atoms with Crippen molar-refractivity contribution in [1.29, 1.82) is 5.26 Å². The number of para-hydroxylation sites is 1. The van der Waals surface area contributed by atoms with E-state index in [1.807, 2.05) is 31.2 Å². The standard InChI is InChI=1S/C30H24FIN2O3/c1-3-36-28-16-20(14-22(17-33)30(35)34-27-11-7-6-10-25(27)31)15-26(32)29(28)37-18-24-19(2)12-13-21-8-4-5-9-23(21)24/h4-16H,3,18H2,1-2H3,(H,34,35)/b22-14+. The highest BCUT2D eigenvalue weighted by atomic mass is 127. The maximum atomic E-state index is 13.9. The van der Waals surface area contributed by atoms with Gasteiger partial charge in [0.15, 0.2) is 11.5 Å². The smallest absolute Gasteiger partial charge is 0.266 e. The summed E-state index contributed by atoms with van der Waals surface area (Å²) in [6, 6.07) is 23.6. The van der Waals surface area contributed by atoms with Crippen molar-refractivity contribution in [3.05, 3.63) is 104 Å². The highest BCUT2D eigenvalue weighted by Crippen LogP contribution is 2.36. The Labute approximate surface area is 228 Å². The number of fused-ring (bicyclic) bond motifs is 1. The number of hydrogen-bond donors (Lipinski definition) is 1. The van der Waals surface area contributed by atoms with Crippen LogP contribution in [0.5, 0.6) is 11.5 Å². The van der Waals surface area contributed by atoms with Crippen LogP contribution < -0.4 is 14.8 Å². The Morgan fingerprint density at radius 3 is 2.59 bits per heavy atom. The number of halogens is 2. The molecule has 0 aromatic heterocycles. The van der Waals surface area contributed by atoms with Crippen LogP contribution in [0.2, 0.25) is 0 Å². The van der Waals surface area contributed by atoms with Gasteiger partial charge in [-0.2, -0.15) is 5.26 Å². The molecule has 0 heterocycles. The molecule has 0 saturated heterocycles. The first kappa shape index (κ1) is 26.2. The third-order valence-corrected chi connectivity index (χ3v) is 6.57. The Bertz CT molecular complexity index is 1540. The van der Waals surface area contributed by atoms with E-state index in [0.29, 0.717) is 30.3 Å². The van der Waals surface area contributed by atoms with E-state index in [-0.39, 0.29) is 11.3 Å². The number of ether oxygens (including phenoxy) is 2. The van der Waals surface area contributed by atoms with Crippen molar-refractivity contribution in [1.82, 2.24) is 0 Å². The average Bonchev–Trinajstić information content (AvgIpc) is 2.89. The summed E-state index contributed by atoms with van der Waals surface area (Å²) < 4.78 is 26.8. The second kappa shape index (κ2) is 11.9. The van der Waals surface area contributed by atoms with Crippen LogP contribution in [0.1, 0.15) is 23.6 Å². The van der Waals surface area contributed by atoms with Gasteiger partial charge in [-0.3, -0.25) is 4.79 Å². The van der Waals surface area contributed by atoms with Gasteiger partial charge in [-0.05, 0) is 88.7 Å². The molecule has 0 radical (unpaired) electrons. The van der Waals surface area contributed by atoms with Crippen LogP contribution >= 0.6 is 22.6 Å². The lowest BCUT2D eigenvalue weighted by atomic mass is 10.0. The summed E-state index contributed by atoms with van der Waals surface area (Å²) in [5, 5.41) is 14.3. The molecule has 0 aliphatic carbocycles. The molecule has 7 heteroatoms. The van der Waals surface area contributed by atoms with Crippen LogP contribution in [0.3, 0.4) is 0 Å². The average molecular weight is 606 g/mol. The molecule has 0 atom stereocenters. The number of carbonyl (C=O) groups is 1. The molecule has 0 unspecified atom stereocenters. The van der Waals surface area contributed by atoms with Crippen molar-refractivity contribution in [2.45, 2.75) is 20.5 Å². The lowest BCUT2D eigenvalue weighted by molar-refractivity contribution is -0.112. The monoisotopic (exact) mass is 606 g/mol. The minimum atomic E-state index is -0.702. The topological polar surface area (TPSA) is 71.3 Å². The molecular formula is C30H24FIN2O3. The van der Waals surface area contributed by atoms with Crippen molar-refractivity contribution in [2.75, 3.05) is 11.9 Å². The number of aryl methyl sites for hydroxylation is 1. The molecule has 0 saturated carbocycles. The molecule has 0 fully saturated rings. The Hall–Kier alpha value is -3.90. The van der Waals surface area contributed by atoms with E-state index in [4.69, 9.17) is 9.47 Å². The van der Waals surface area contributed by atoms with E-state index >= 15 is 0 Å². The van der Waals surface area contributed by atoms with Crippen molar-refractivity contribution < 1.29 is 18.7 Å². The third-order valence-electron chi connectivity index (χ3n) is 5.77. The number of carbonyl (C=O) groups excluding carboxylic acids is 1. The van der Waals surface area contributed by atoms with E-state index in [0.717, 1.165) is 25.5 Å². The Morgan fingerprint density at radius 2 is 1.84 bits per heavy atom. The highest BCUT2D eigenvalue weighted by molar-refractivity contribution is 14.1. The Kier molecular flexibility index (Phi) is 8.41. The number of nitriles is 1. The number of nitrogens with one attached hydrogen (secondary N) is 1. The van der Waals surface area contributed by atoms with Gasteiger partial charge in [0.25, 0.3) is 5.91 Å². The SMILES string of the molecule is CCOc1cc(/C=C(\C#N)C(=O)Nc2ccccc2F)cc(I)c1OCc1c(C)ccc2ccccc12. The predicted molar refractivity (Wildman–Crippen MR) is 152 cm³/mol. The molecule has 1 amide bonds. The summed E-state index contributed by atoms with van der Waals surface area (Å²) in [4.78, 5) is 12.6. The predicted octanol–water partition coefficient (Wildman–Crippen LogP) is 7.42. The minimum Gasteiger partial charge on any atom is -0.490 e. The molecule has 0 spiro atoms. The second-order valence-electron chi connectivity index (χ2n) is 8.24. The fourth-order valence-electron chi connectivity index (χ4n) is 3.92. The third kappa shape index (κ3) is 6.09. The molecule has 0 aliphatic heterocycles. The van der Waals surface area contributed by atoms with Crippen LogP contribution in [-0.2, 0) is 11.4 Å². The normalized spacial score (nSPS) is 11.2. The molecule has 5 nitrogen and oxygen atoms in total. The van der Waals surface area contributed by atoms with Gasteiger partial charge >= 0.3 is 0 Å². The fourth-order valence-corrected chi connectivity index (χ4v) is 4.70. The summed E-state index contributed by atoms with van der Waals surface area (Å²) in [6.07, 6.45) is 1.44. The lowest BCUT2D eigenvalue weighted by Crippen LogP contribution is -2.14. The van der Waals surface area contributed by atoms with Gasteiger partial charge < -0.3 is 14.8 Å². The first-order valence-electron chi connectivity index (χ1n) is 11.6. The van der Waals surface area contributed by atoms with Crippen LogP contribution in [0.15, 0.2) is 78.4 Å². The van der Waals surface area contributed by atoms with Crippen LogP contribution in [-0.4, -0.2) is 12.5 Å². The van der Waals surface area contributed by atoms with E-state index in [9.17, 15) is 14.4 Å². The summed E-state index contributed by atoms with van der Waals surface area (Å²) in [5.41, 5.74) is 2.65. The molecule has 0 aliphatic rings. The number of benzene rings is 4. The largest absolute Gasteiger partial charge is 0.490 e. The zero-order chi connectivity index (χ0) is 26.4. The zero-order valence-corrected chi connectivity index (χ0v) is 22.5. The van der Waals surface area contributed by atoms with Crippen molar-refractivity contribution in [2.24, 2.45) is 0 Å². The second-order valence-corrected chi connectivity index (χ2v) is 9.40. The van der Waals surface area contributed by atoms with Crippen LogP contribution in [0, 0.1) is 27.6 Å². The van der Waals surface area contributed by atoms with Crippen molar-refractivity contribution in [3.8, 4) is 17.6 Å². The maximum absolute atomic E-state index is 13.9. The number of hydrogen-bond acceptors (Lipinski definition) is 4. The van der Waals surface area contributed by atoms with Gasteiger partial charge in [0.05, 0.1) is 15.9 Å². The van der Waals surface area contributed by atoms with Gasteiger partial charge in [-0.1, -0.05) is 48.5 Å². The van der Waals surface area contributed by atoms with Crippen LogP contribution in [0.4, 0.5) is 10.1 Å². The molecular weight excluding hydrogens is 582 g/mol. The number of rotatable bonds is 8. The first-order valence-corrected chi connectivity index (χ1v) is 12.7. The Balaban J connectivity index is 1.62. The quantitative estimate of drug-likeness (QED) is 0.129. The summed E-state index contributed by atoms with van der Waals surface area (Å²) in [5.74, 6) is -0.192. The molecule has 186 valence electrons. The van der Waals surface area contributed by atoms with Gasteiger partial charge in [-0.25, -0.2) is 4.39 Å². The zero-order valence-electron chi connectivity index (χ0n) is 20.3. The maximum Gasteiger partial charge on any atom is 0.266 e. The van der Waals surface area contributed by atoms with E-state index in [2.05, 4.69) is 59.1 Å². The summed E-state index contributed by atoms with van der Waals surface area (Å²) >= 11 is 2.15. The summed E-state index contributed by atoms with van der Waals surface area (Å²) in [6.45, 7) is 4.69. The van der Waals surface area contributed by atoms with Crippen molar-refractivity contribution in [3.63, 3.8) is 0 Å². The molecule has 37 heavy (non-hydrogen) atoms. The van der Waals surface area contributed by atoms with Gasteiger partial charge in [-0.15, -0.1) is 0 Å². The molecule has 4 aromatic carbocycles. The molecule has 0 bridgehead atoms. The van der Waals surface area contributed by atoms with E-state index in [1.165, 1.54) is 24.3 Å². The van der Waals surface area contributed by atoms with E-state index in [1.54, 1.807) is 12.1 Å². The number of amides is 1. The lowest BCUT2D eigenvalue weighted by Gasteiger charge is -2.17. The minimum absolute atomic E-state index is 0.00529. The highest BCUT2D eigenvalue weighted by Gasteiger charge is 2.16. The Morgan fingerprint density at radius 1 is 1.08 bits per heavy atom. The first-order chi connectivity index (χ1) is 17.9. The number of anilines is 1. The van der Waals surface area contributed by atoms with Gasteiger partial charge in [0.1, 0.15) is 24.1 Å². The molecule has 4 rings (SSSR count). The fraction of sp³-hybridized carbons (Fsp3) is 0.133. The summed E-state index contributed by atoms with van der Waals surface area (Å²) in [7, 11) is 0. The molecule has 1 N–H and O–H groups in total. The van der Waals surface area contributed by atoms with Crippen molar-refractivity contribution >= 4 is 51.0 Å². The number of nitrogens with zero attached hydrogens (tertiary/aromatic N) is 1. The molecule has 4 aromatic rings. The van der Waals surface area contributed by atoms with E-state index < -0.39 is 11.7 Å². The van der Waals surface area contributed by atoms with Crippen LogP contribution in [0.25, 0.3) is 16.8 Å².